The van der Waals surface area contributed by atoms with Crippen molar-refractivity contribution in [2.45, 2.75) is 19.5 Å². The van der Waals surface area contributed by atoms with Crippen molar-refractivity contribution in [2.75, 3.05) is 45.0 Å². The van der Waals surface area contributed by atoms with Crippen molar-refractivity contribution in [3.8, 4) is 34.3 Å². The highest BCUT2D eigenvalue weighted by atomic mass is 35.5. The molecule has 39 heavy (non-hydrogen) atoms. The maximum atomic E-state index is 11.1. The lowest BCUT2D eigenvalue weighted by Gasteiger charge is -2.36. The fraction of sp³-hybridized carbons (Fsp3) is 0.300. The van der Waals surface area contributed by atoms with Gasteiger partial charge in [0.2, 0.25) is 12.5 Å². The van der Waals surface area contributed by atoms with E-state index in [9.17, 15) is 5.11 Å². The molecule has 7 rings (SSSR count). The molecule has 0 bridgehead atoms. The van der Waals surface area contributed by atoms with Crippen molar-refractivity contribution in [3.63, 3.8) is 0 Å². The standard InChI is InChI=1S/C30H28ClN3O4.ClH/c1-36-29-13-20(16-32-8-10-33(11-9-32)22-4-2-21(31)3-5-22)23-14-26-24-15-28-27(37-18-38-28)12-19(24)6-7-34(26)17-25(23)30(29)35;/h2-5,12-15,17H,6-11,16,18H2,1H3;1H. The maximum absolute atomic E-state index is 11.1. The third kappa shape index (κ3) is 4.58. The van der Waals surface area contributed by atoms with Gasteiger partial charge in [0.25, 0.3) is 0 Å². The van der Waals surface area contributed by atoms with Crippen LogP contribution in [0, 0.1) is 0 Å². The number of rotatable bonds is 4. The van der Waals surface area contributed by atoms with Crippen LogP contribution in [-0.2, 0) is 19.5 Å². The van der Waals surface area contributed by atoms with E-state index in [1.807, 2.05) is 18.2 Å². The number of hydrogen-bond donors (Lipinski definition) is 1. The predicted octanol–water partition coefficient (Wildman–Crippen LogP) is 1.77. The molecule has 0 unspecified atom stereocenters. The van der Waals surface area contributed by atoms with Crippen LogP contribution < -0.4 is 36.1 Å². The van der Waals surface area contributed by atoms with Crippen molar-refractivity contribution in [3.05, 3.63) is 70.9 Å². The summed E-state index contributed by atoms with van der Waals surface area (Å²) in [7, 11) is 1.61. The quantitative estimate of drug-likeness (QED) is 0.381. The summed E-state index contributed by atoms with van der Waals surface area (Å²) >= 11 is 6.08. The summed E-state index contributed by atoms with van der Waals surface area (Å²) in [6.45, 7) is 5.65. The van der Waals surface area contributed by atoms with E-state index in [0.29, 0.717) is 5.75 Å². The Balaban J connectivity index is 0.00000277. The summed E-state index contributed by atoms with van der Waals surface area (Å²) in [4.78, 5) is 4.87. The number of aromatic hydroxyl groups is 1. The predicted molar refractivity (Wildman–Crippen MR) is 147 cm³/mol. The van der Waals surface area contributed by atoms with Gasteiger partial charge in [0.05, 0.1) is 18.1 Å². The van der Waals surface area contributed by atoms with E-state index in [0.717, 1.165) is 89.8 Å². The van der Waals surface area contributed by atoms with Gasteiger partial charge in [-0.3, -0.25) is 4.90 Å². The Morgan fingerprint density at radius 3 is 2.46 bits per heavy atom. The first-order valence-corrected chi connectivity index (χ1v) is 13.4. The smallest absolute Gasteiger partial charge is 0.231 e. The topological polar surface area (TPSA) is 58.3 Å². The molecular formula is C30H29Cl2N3O4. The molecule has 0 aliphatic carbocycles. The molecule has 0 saturated carbocycles. The molecule has 4 aromatic rings. The van der Waals surface area contributed by atoms with Crippen LogP contribution in [0.2, 0.25) is 5.02 Å². The third-order valence-electron chi connectivity index (χ3n) is 7.98. The summed E-state index contributed by atoms with van der Waals surface area (Å²) in [5, 5.41) is 13.7. The number of nitrogens with zero attached hydrogens (tertiary/aromatic N) is 3. The number of fused-ring (bicyclic) bond motifs is 5. The van der Waals surface area contributed by atoms with Crippen molar-refractivity contribution in [1.82, 2.24) is 4.90 Å². The fourth-order valence-corrected chi connectivity index (χ4v) is 6.04. The van der Waals surface area contributed by atoms with Crippen molar-refractivity contribution in [2.24, 2.45) is 0 Å². The van der Waals surface area contributed by atoms with Crippen LogP contribution in [0.3, 0.4) is 0 Å². The Hall–Kier alpha value is -3.39. The van der Waals surface area contributed by atoms with E-state index in [2.05, 4.69) is 50.9 Å². The van der Waals surface area contributed by atoms with Crippen LogP contribution in [0.25, 0.3) is 22.0 Å². The number of phenols is 1. The van der Waals surface area contributed by atoms with Crippen LogP contribution in [-0.4, -0.2) is 50.1 Å². The van der Waals surface area contributed by atoms with E-state index < -0.39 is 0 Å². The molecule has 0 radical (unpaired) electrons. The molecule has 0 amide bonds. The van der Waals surface area contributed by atoms with Crippen LogP contribution in [0.15, 0.2) is 54.7 Å². The highest BCUT2D eigenvalue weighted by molar-refractivity contribution is 6.30. The number of ether oxygens (including phenoxy) is 3. The van der Waals surface area contributed by atoms with Crippen molar-refractivity contribution < 1.29 is 36.3 Å². The van der Waals surface area contributed by atoms with E-state index in [1.54, 1.807) is 7.11 Å². The Bertz CT molecular complexity index is 1550. The van der Waals surface area contributed by atoms with Gasteiger partial charge in [-0.05, 0) is 53.6 Å². The number of aryl methyl sites for hydroxylation is 2. The van der Waals surface area contributed by atoms with Gasteiger partial charge in [0.15, 0.2) is 35.7 Å². The summed E-state index contributed by atoms with van der Waals surface area (Å²) in [6, 6.07) is 16.5. The Morgan fingerprint density at radius 2 is 1.72 bits per heavy atom. The van der Waals surface area contributed by atoms with E-state index in [-0.39, 0.29) is 24.9 Å². The lowest BCUT2D eigenvalue weighted by molar-refractivity contribution is -0.686. The van der Waals surface area contributed by atoms with Gasteiger partial charge in [-0.25, -0.2) is 0 Å². The number of hydrogen-bond acceptors (Lipinski definition) is 6. The monoisotopic (exact) mass is 565 g/mol. The second-order valence-electron chi connectivity index (χ2n) is 10.1. The lowest BCUT2D eigenvalue weighted by Crippen LogP contribution is -3.00. The first-order valence-electron chi connectivity index (χ1n) is 13.0. The average molecular weight is 566 g/mol. The van der Waals surface area contributed by atoms with Gasteiger partial charge < -0.3 is 36.6 Å². The summed E-state index contributed by atoms with van der Waals surface area (Å²) in [6.07, 6.45) is 2.96. The number of anilines is 1. The summed E-state index contributed by atoms with van der Waals surface area (Å²) in [5.74, 6) is 2.30. The first-order chi connectivity index (χ1) is 18.6. The summed E-state index contributed by atoms with van der Waals surface area (Å²) in [5.41, 5.74) is 5.88. The highest BCUT2D eigenvalue weighted by Crippen LogP contribution is 2.42. The molecule has 0 spiro atoms. The van der Waals surface area contributed by atoms with Gasteiger partial charge in [-0.1, -0.05) is 11.6 Å². The van der Waals surface area contributed by atoms with E-state index in [1.165, 1.54) is 11.3 Å². The number of pyridine rings is 1. The van der Waals surface area contributed by atoms with E-state index in [4.69, 9.17) is 25.8 Å². The number of phenolic OH excluding ortho intramolecular Hbond substituents is 1. The van der Waals surface area contributed by atoms with Gasteiger partial charge >= 0.3 is 0 Å². The molecule has 3 aliphatic rings. The zero-order valence-electron chi connectivity index (χ0n) is 21.6. The third-order valence-corrected chi connectivity index (χ3v) is 8.23. The number of aromatic nitrogens is 1. The zero-order chi connectivity index (χ0) is 25.8. The molecule has 202 valence electrons. The highest BCUT2D eigenvalue weighted by Gasteiger charge is 2.29. The number of methoxy groups -OCH3 is 1. The lowest BCUT2D eigenvalue weighted by atomic mass is 9.94. The molecule has 7 nitrogen and oxygen atoms in total. The van der Waals surface area contributed by atoms with Crippen molar-refractivity contribution >= 4 is 28.1 Å². The second kappa shape index (κ2) is 10.3. The molecule has 3 aromatic carbocycles. The van der Waals surface area contributed by atoms with Gasteiger partial charge in [-0.15, -0.1) is 0 Å². The van der Waals surface area contributed by atoms with Gasteiger partial charge in [0, 0.05) is 61.3 Å². The molecule has 4 heterocycles. The van der Waals surface area contributed by atoms with Crippen molar-refractivity contribution in [1.29, 1.82) is 0 Å². The molecule has 9 heteroatoms. The molecule has 3 aliphatic heterocycles. The molecule has 1 fully saturated rings. The Labute approximate surface area is 238 Å². The van der Waals surface area contributed by atoms with Crippen LogP contribution in [0.4, 0.5) is 5.69 Å². The van der Waals surface area contributed by atoms with Crippen LogP contribution >= 0.6 is 11.6 Å². The molecule has 1 N–H and O–H groups in total. The van der Waals surface area contributed by atoms with Gasteiger partial charge in [-0.2, -0.15) is 4.57 Å². The largest absolute Gasteiger partial charge is 1.00 e. The second-order valence-corrected chi connectivity index (χ2v) is 10.6. The van der Waals surface area contributed by atoms with Crippen LogP contribution in [0.1, 0.15) is 11.1 Å². The van der Waals surface area contributed by atoms with Gasteiger partial charge in [0.1, 0.15) is 0 Å². The molecule has 1 aromatic heterocycles. The fourth-order valence-electron chi connectivity index (χ4n) is 5.91. The number of piperazine rings is 1. The molecule has 0 atom stereocenters. The molecular weight excluding hydrogens is 537 g/mol. The Morgan fingerprint density at radius 1 is 0.974 bits per heavy atom. The Kier molecular flexibility index (Phi) is 6.83. The molecule has 1 saturated heterocycles. The minimum atomic E-state index is 0. The zero-order valence-corrected chi connectivity index (χ0v) is 23.1. The van der Waals surface area contributed by atoms with E-state index >= 15 is 0 Å². The number of halogens is 2. The first kappa shape index (κ1) is 25.9. The SMILES string of the molecule is COc1cc(CN2CCN(c3ccc(Cl)cc3)CC2)c2cc3[n+](cc2c1O)CCc1cc2c(cc1-3)OCO2.[Cl-]. The number of benzene rings is 3. The maximum Gasteiger partial charge on any atom is 0.231 e. The van der Waals surface area contributed by atoms with Crippen LogP contribution in [0.5, 0.6) is 23.0 Å². The minimum Gasteiger partial charge on any atom is -1.00 e. The average Bonchev–Trinajstić information content (AvgIpc) is 3.41. The normalized spacial score (nSPS) is 16.0. The summed E-state index contributed by atoms with van der Waals surface area (Å²) < 4.78 is 19.1. The minimum absolute atomic E-state index is 0.